The van der Waals surface area contributed by atoms with Crippen LogP contribution in [-0.4, -0.2) is 44.2 Å². The average Bonchev–Trinajstić information content (AvgIpc) is 3.12. The molecule has 4 rings (SSSR count). The van der Waals surface area contributed by atoms with E-state index in [0.717, 1.165) is 15.7 Å². The number of primary amides is 1. The summed E-state index contributed by atoms with van der Waals surface area (Å²) >= 11 is 0. The zero-order valence-electron chi connectivity index (χ0n) is 20.6. The van der Waals surface area contributed by atoms with Crippen LogP contribution in [0.3, 0.4) is 0 Å². The lowest BCUT2D eigenvalue weighted by Crippen LogP contribution is -2.28. The number of esters is 1. The van der Waals surface area contributed by atoms with Crippen LogP contribution >= 0.6 is 0 Å². The van der Waals surface area contributed by atoms with Gasteiger partial charge in [-0.3, -0.25) is 14.2 Å². The summed E-state index contributed by atoms with van der Waals surface area (Å²) in [6.07, 6.45) is 0. The average molecular weight is 490 g/mol. The highest BCUT2D eigenvalue weighted by Gasteiger charge is 2.26. The topological polar surface area (TPSA) is 131 Å². The quantitative estimate of drug-likeness (QED) is 0.377. The lowest BCUT2D eigenvalue weighted by molar-refractivity contribution is -0.143. The number of aryl methyl sites for hydroxylation is 2. The maximum atomic E-state index is 13.6. The molecule has 0 spiro atoms. The zero-order valence-corrected chi connectivity index (χ0v) is 20.6. The number of fused-ring (bicyclic) bond motifs is 1. The molecule has 1 amide bonds. The number of carbonyl (C=O) groups excluding carboxylic acids is 2. The Hall–Kier alpha value is -4.47. The molecule has 0 saturated heterocycles. The first kappa shape index (κ1) is 24.6. The van der Waals surface area contributed by atoms with Crippen LogP contribution < -0.4 is 16.2 Å². The third-order valence-corrected chi connectivity index (χ3v) is 5.77. The zero-order chi connectivity index (χ0) is 26.0. The van der Waals surface area contributed by atoms with Crippen LogP contribution in [0.1, 0.15) is 35.5 Å². The summed E-state index contributed by atoms with van der Waals surface area (Å²) in [4.78, 5) is 47.6. The molecule has 10 nitrogen and oxygen atoms in total. The summed E-state index contributed by atoms with van der Waals surface area (Å²) in [5.41, 5.74) is 8.31. The first-order valence-corrected chi connectivity index (χ1v) is 11.5. The number of aromatic nitrogens is 4. The molecule has 2 heterocycles. The van der Waals surface area contributed by atoms with E-state index in [2.05, 4.69) is 9.97 Å². The lowest BCUT2D eigenvalue weighted by atomic mass is 10.1. The second kappa shape index (κ2) is 10.0. The molecular weight excluding hydrogens is 462 g/mol. The first-order chi connectivity index (χ1) is 17.2. The Kier molecular flexibility index (Phi) is 6.86. The van der Waals surface area contributed by atoms with Crippen LogP contribution in [0.25, 0.3) is 28.2 Å². The van der Waals surface area contributed by atoms with Crippen molar-refractivity contribution in [3.05, 3.63) is 69.8 Å². The van der Waals surface area contributed by atoms with Gasteiger partial charge in [0.2, 0.25) is 0 Å². The Morgan fingerprint density at radius 2 is 1.69 bits per heavy atom. The third kappa shape index (κ3) is 4.57. The van der Waals surface area contributed by atoms with Crippen molar-refractivity contribution in [2.45, 2.75) is 34.2 Å². The van der Waals surface area contributed by atoms with Crippen molar-refractivity contribution >= 4 is 23.0 Å². The van der Waals surface area contributed by atoms with E-state index < -0.39 is 24.1 Å². The van der Waals surface area contributed by atoms with Gasteiger partial charge in [0.05, 0.1) is 18.9 Å². The minimum atomic E-state index is -0.857. The summed E-state index contributed by atoms with van der Waals surface area (Å²) in [7, 11) is 0. The van der Waals surface area contributed by atoms with Crippen molar-refractivity contribution in [3.63, 3.8) is 0 Å². The lowest BCUT2D eigenvalue weighted by Gasteiger charge is -2.09. The van der Waals surface area contributed by atoms with Crippen LogP contribution in [0.15, 0.2) is 47.3 Å². The van der Waals surface area contributed by atoms with Gasteiger partial charge in [0, 0.05) is 5.56 Å². The molecule has 2 aromatic heterocycles. The molecule has 0 aliphatic carbocycles. The first-order valence-electron chi connectivity index (χ1n) is 11.5. The molecule has 0 aliphatic rings. The van der Waals surface area contributed by atoms with Gasteiger partial charge in [-0.05, 0) is 75.2 Å². The predicted octanol–water partition coefficient (Wildman–Crippen LogP) is 2.93. The van der Waals surface area contributed by atoms with Crippen molar-refractivity contribution in [1.29, 1.82) is 0 Å². The number of ether oxygens (including phenoxy) is 2. The standard InChI is InChI=1S/C26H27N5O5/c1-5-35-19-11-8-17(9-12-19)24-28-21(23(27)33)22-25(29-24)31(18-10-7-15(3)16(4)13-18)26(34)30(22)14-20(32)36-6-2/h7-13H,5-6,14H2,1-4H3,(H2,27,33). The molecule has 4 aromatic rings. The maximum Gasteiger partial charge on any atom is 0.335 e. The molecule has 0 atom stereocenters. The molecule has 0 aliphatic heterocycles. The fourth-order valence-corrected chi connectivity index (χ4v) is 3.90. The normalized spacial score (nSPS) is 11.0. The second-order valence-electron chi connectivity index (χ2n) is 8.17. The van der Waals surface area contributed by atoms with Crippen LogP contribution in [0.5, 0.6) is 5.75 Å². The van der Waals surface area contributed by atoms with Crippen molar-refractivity contribution < 1.29 is 19.1 Å². The van der Waals surface area contributed by atoms with E-state index in [0.29, 0.717) is 23.6 Å². The third-order valence-electron chi connectivity index (χ3n) is 5.77. The molecule has 2 aromatic carbocycles. The molecule has 10 heteroatoms. The van der Waals surface area contributed by atoms with Gasteiger partial charge in [0.15, 0.2) is 17.2 Å². The van der Waals surface area contributed by atoms with Crippen LogP contribution in [-0.2, 0) is 16.1 Å². The molecule has 186 valence electrons. The number of nitrogens with two attached hydrogens (primary N) is 1. The van der Waals surface area contributed by atoms with Crippen LogP contribution in [0.4, 0.5) is 0 Å². The van der Waals surface area contributed by atoms with Gasteiger partial charge in [0.1, 0.15) is 17.8 Å². The SMILES string of the molecule is CCOC(=O)Cn1c(=O)n(-c2ccc(C)c(C)c2)c2nc(-c3ccc(OCC)cc3)nc(C(N)=O)c21. The van der Waals surface area contributed by atoms with Crippen molar-refractivity contribution in [1.82, 2.24) is 19.1 Å². The molecule has 0 radical (unpaired) electrons. The number of hydrogen-bond acceptors (Lipinski definition) is 7. The van der Waals surface area contributed by atoms with Gasteiger partial charge in [-0.15, -0.1) is 0 Å². The Balaban J connectivity index is 2.04. The molecule has 0 fully saturated rings. The van der Waals surface area contributed by atoms with Gasteiger partial charge in [-0.25, -0.2) is 19.3 Å². The van der Waals surface area contributed by atoms with Crippen molar-refractivity contribution in [3.8, 4) is 22.8 Å². The maximum absolute atomic E-state index is 13.6. The largest absolute Gasteiger partial charge is 0.494 e. The van der Waals surface area contributed by atoms with E-state index in [-0.39, 0.29) is 29.3 Å². The van der Waals surface area contributed by atoms with E-state index in [9.17, 15) is 14.4 Å². The number of nitrogens with zero attached hydrogens (tertiary/aromatic N) is 4. The van der Waals surface area contributed by atoms with Gasteiger partial charge in [-0.1, -0.05) is 6.07 Å². The number of imidazole rings is 1. The highest BCUT2D eigenvalue weighted by Crippen LogP contribution is 2.26. The van der Waals surface area contributed by atoms with Crippen LogP contribution in [0, 0.1) is 13.8 Å². The van der Waals surface area contributed by atoms with E-state index in [1.54, 1.807) is 37.3 Å². The molecular formula is C26H27N5O5. The summed E-state index contributed by atoms with van der Waals surface area (Å²) < 4.78 is 13.0. The monoisotopic (exact) mass is 489 g/mol. The summed E-state index contributed by atoms with van der Waals surface area (Å²) in [5, 5.41) is 0. The van der Waals surface area contributed by atoms with E-state index in [1.165, 1.54) is 4.57 Å². The van der Waals surface area contributed by atoms with E-state index in [4.69, 9.17) is 15.2 Å². The summed E-state index contributed by atoms with van der Waals surface area (Å²) in [6, 6.07) is 12.5. The van der Waals surface area contributed by atoms with Gasteiger partial charge >= 0.3 is 11.7 Å². The Labute approximate surface area is 207 Å². The number of benzene rings is 2. The van der Waals surface area contributed by atoms with Crippen molar-refractivity contribution in [2.24, 2.45) is 5.73 Å². The fourth-order valence-electron chi connectivity index (χ4n) is 3.90. The summed E-state index contributed by atoms with van der Waals surface area (Å²) in [5.74, 6) is -0.621. The molecule has 0 bridgehead atoms. The Morgan fingerprint density at radius 3 is 2.31 bits per heavy atom. The minimum absolute atomic E-state index is 0.0634. The number of hydrogen-bond donors (Lipinski definition) is 1. The van der Waals surface area contributed by atoms with E-state index >= 15 is 0 Å². The smallest absolute Gasteiger partial charge is 0.335 e. The highest BCUT2D eigenvalue weighted by molar-refractivity contribution is 6.02. The molecule has 36 heavy (non-hydrogen) atoms. The summed E-state index contributed by atoms with van der Waals surface area (Å²) in [6.45, 7) is 7.68. The number of amides is 1. The Bertz CT molecular complexity index is 1520. The van der Waals surface area contributed by atoms with Gasteiger partial charge < -0.3 is 15.2 Å². The number of carbonyl (C=O) groups is 2. The van der Waals surface area contributed by atoms with E-state index in [1.807, 2.05) is 32.9 Å². The predicted molar refractivity (Wildman–Crippen MR) is 134 cm³/mol. The second-order valence-corrected chi connectivity index (χ2v) is 8.17. The highest BCUT2D eigenvalue weighted by atomic mass is 16.5. The van der Waals surface area contributed by atoms with Crippen LogP contribution in [0.2, 0.25) is 0 Å². The minimum Gasteiger partial charge on any atom is -0.494 e. The number of rotatable bonds is 8. The van der Waals surface area contributed by atoms with Gasteiger partial charge in [-0.2, -0.15) is 0 Å². The molecule has 0 unspecified atom stereocenters. The molecule has 2 N–H and O–H groups in total. The fraction of sp³-hybridized carbons (Fsp3) is 0.269. The van der Waals surface area contributed by atoms with Crippen molar-refractivity contribution in [2.75, 3.05) is 13.2 Å². The Morgan fingerprint density at radius 1 is 0.972 bits per heavy atom. The van der Waals surface area contributed by atoms with Gasteiger partial charge in [0.25, 0.3) is 5.91 Å². The molecule has 0 saturated carbocycles.